The third-order valence-electron chi connectivity index (χ3n) is 8.74. The Bertz CT molecular complexity index is 2030. The first-order chi connectivity index (χ1) is 19.8. The molecule has 11 heteroatoms. The number of H-pyrrole nitrogens is 1. The number of carboxylic acid groups (broad SMARTS) is 1. The molecule has 0 amide bonds. The van der Waals surface area contributed by atoms with Gasteiger partial charge in [-0.2, -0.15) is 5.26 Å². The summed E-state index contributed by atoms with van der Waals surface area (Å²) in [5.41, 5.74) is 3.30. The molecule has 41 heavy (non-hydrogen) atoms. The van der Waals surface area contributed by atoms with Crippen LogP contribution in [0.15, 0.2) is 47.5 Å². The third-order valence-corrected chi connectivity index (χ3v) is 8.74. The molecular formula is C30H26FN7O3. The topological polar surface area (TPSA) is 130 Å². The largest absolute Gasteiger partial charge is 0.477 e. The number of carboxylic acids is 1. The van der Waals surface area contributed by atoms with Gasteiger partial charge in [-0.15, -0.1) is 0 Å². The van der Waals surface area contributed by atoms with Crippen LogP contribution in [0.25, 0.3) is 38.6 Å². The molecule has 2 aliphatic heterocycles. The fourth-order valence-electron chi connectivity index (χ4n) is 6.70. The van der Waals surface area contributed by atoms with Crippen molar-refractivity contribution < 1.29 is 14.3 Å². The molecule has 5 aromatic rings. The number of hydrogen-bond acceptors (Lipinski definition) is 7. The molecule has 0 radical (unpaired) electrons. The molecule has 206 valence electrons. The van der Waals surface area contributed by atoms with E-state index in [2.05, 4.69) is 33.2 Å². The number of nitriles is 1. The predicted molar refractivity (Wildman–Crippen MR) is 154 cm³/mol. The number of benzene rings is 1. The van der Waals surface area contributed by atoms with E-state index in [1.807, 2.05) is 6.07 Å². The second kappa shape index (κ2) is 9.04. The lowest BCUT2D eigenvalue weighted by Crippen LogP contribution is -2.32. The number of aromatic carboxylic acids is 1. The lowest BCUT2D eigenvalue weighted by molar-refractivity contribution is 0.0694. The van der Waals surface area contributed by atoms with E-state index in [-0.39, 0.29) is 11.1 Å². The van der Waals surface area contributed by atoms with E-state index in [0.29, 0.717) is 56.2 Å². The second-order valence-corrected chi connectivity index (χ2v) is 10.8. The Labute approximate surface area is 233 Å². The van der Waals surface area contributed by atoms with Gasteiger partial charge in [-0.3, -0.25) is 9.20 Å². The van der Waals surface area contributed by atoms with Crippen LogP contribution >= 0.6 is 0 Å². The predicted octanol–water partition coefficient (Wildman–Crippen LogP) is 3.89. The van der Waals surface area contributed by atoms with Gasteiger partial charge in [0.1, 0.15) is 23.1 Å². The van der Waals surface area contributed by atoms with Crippen LogP contribution in [0.5, 0.6) is 0 Å². The summed E-state index contributed by atoms with van der Waals surface area (Å²) in [5, 5.41) is 23.7. The molecule has 2 aliphatic rings. The van der Waals surface area contributed by atoms with Crippen LogP contribution < -0.4 is 15.8 Å². The highest BCUT2D eigenvalue weighted by Crippen LogP contribution is 2.46. The van der Waals surface area contributed by atoms with Crippen LogP contribution in [-0.4, -0.2) is 70.1 Å². The fourth-order valence-corrected chi connectivity index (χ4v) is 6.70. The number of aromatic nitrogens is 3. The maximum Gasteiger partial charge on any atom is 0.341 e. The van der Waals surface area contributed by atoms with Crippen molar-refractivity contribution >= 4 is 44.8 Å². The monoisotopic (exact) mass is 551 g/mol. The van der Waals surface area contributed by atoms with Gasteiger partial charge in [-0.05, 0) is 44.1 Å². The Kier molecular flexibility index (Phi) is 5.52. The van der Waals surface area contributed by atoms with E-state index in [4.69, 9.17) is 4.98 Å². The number of aromatic amines is 1. The maximum absolute atomic E-state index is 15.3. The van der Waals surface area contributed by atoms with Gasteiger partial charge in [0.15, 0.2) is 0 Å². The first kappa shape index (κ1) is 25.0. The van der Waals surface area contributed by atoms with E-state index in [9.17, 15) is 20.0 Å². The summed E-state index contributed by atoms with van der Waals surface area (Å²) in [4.78, 5) is 37.4. The summed E-state index contributed by atoms with van der Waals surface area (Å²) < 4.78 is 16.6. The summed E-state index contributed by atoms with van der Waals surface area (Å²) in [7, 11) is 3.82. The summed E-state index contributed by atoms with van der Waals surface area (Å²) in [6, 6.07) is 10.3. The van der Waals surface area contributed by atoms with Crippen molar-refractivity contribution in [3.63, 3.8) is 0 Å². The highest BCUT2D eigenvalue weighted by molar-refractivity contribution is 6.19. The van der Waals surface area contributed by atoms with E-state index in [1.165, 1.54) is 16.5 Å². The van der Waals surface area contributed by atoms with Gasteiger partial charge in [0, 0.05) is 66.7 Å². The Morgan fingerprint density at radius 1 is 1.24 bits per heavy atom. The van der Waals surface area contributed by atoms with Gasteiger partial charge in [0.25, 0.3) is 5.56 Å². The standard InChI is InChI=1S/C30H26FN7O3/c1-33-22-9-21(31)19(10-32)24-25-27(37-12-16-7-8-36(2)23(16)14-37)20(11-34-28(25)35-26(22)24)15-3-4-17-5-6-18(30(40)41)29(39)38(17)13-15/h3-6,9,11,13,16,23,33H,7-8,12,14H2,1-2H3,(H,34,35)(H,40,41). The number of anilines is 2. The molecule has 6 heterocycles. The Balaban J connectivity index is 1.56. The van der Waals surface area contributed by atoms with Crippen LogP contribution in [-0.2, 0) is 0 Å². The Morgan fingerprint density at radius 2 is 2.05 bits per heavy atom. The molecule has 2 atom stereocenters. The molecule has 2 fully saturated rings. The van der Waals surface area contributed by atoms with E-state index < -0.39 is 17.3 Å². The second-order valence-electron chi connectivity index (χ2n) is 10.8. The smallest absolute Gasteiger partial charge is 0.341 e. The molecule has 0 bridgehead atoms. The number of likely N-dealkylation sites (tertiary alicyclic amines) is 1. The van der Waals surface area contributed by atoms with E-state index >= 15 is 4.39 Å². The normalized spacial score (nSPS) is 18.8. The van der Waals surface area contributed by atoms with Gasteiger partial charge < -0.3 is 25.2 Å². The van der Waals surface area contributed by atoms with Crippen molar-refractivity contribution in [3.8, 4) is 17.2 Å². The SMILES string of the molecule is CNc1cc(F)c(C#N)c2c1[nH]c1ncc(-c3ccc4ccc(C(=O)O)c(=O)n4c3)c(N3CC4CCN(C)C4C3)c12. The quantitative estimate of drug-likeness (QED) is 0.307. The molecule has 2 saturated heterocycles. The zero-order valence-electron chi connectivity index (χ0n) is 22.4. The third kappa shape index (κ3) is 3.61. The number of likely N-dealkylation sites (N-methyl/N-ethyl adjacent to an activating group) is 1. The number of nitrogens with zero attached hydrogens (tertiary/aromatic N) is 5. The van der Waals surface area contributed by atoms with Crippen LogP contribution in [0, 0.1) is 23.1 Å². The number of fused-ring (bicyclic) bond motifs is 5. The van der Waals surface area contributed by atoms with Crippen LogP contribution in [0.1, 0.15) is 22.3 Å². The van der Waals surface area contributed by atoms with E-state index in [0.717, 1.165) is 31.7 Å². The van der Waals surface area contributed by atoms with E-state index in [1.54, 1.807) is 31.6 Å². The number of pyridine rings is 3. The minimum absolute atomic E-state index is 0.0669. The molecule has 0 aliphatic carbocycles. The average Bonchev–Trinajstić information content (AvgIpc) is 3.66. The molecule has 7 rings (SSSR count). The summed E-state index contributed by atoms with van der Waals surface area (Å²) >= 11 is 0. The minimum Gasteiger partial charge on any atom is -0.477 e. The molecule has 0 saturated carbocycles. The van der Waals surface area contributed by atoms with Crippen molar-refractivity contribution in [3.05, 3.63) is 70.0 Å². The zero-order valence-corrected chi connectivity index (χ0v) is 22.4. The highest BCUT2D eigenvalue weighted by Gasteiger charge is 2.41. The van der Waals surface area contributed by atoms with Crippen LogP contribution in [0.2, 0.25) is 0 Å². The Hall–Kier alpha value is -4.95. The number of rotatable bonds is 4. The number of nitrogens with one attached hydrogen (secondary N) is 2. The molecular weight excluding hydrogens is 525 g/mol. The van der Waals surface area contributed by atoms with Crippen molar-refractivity contribution in [2.75, 3.05) is 43.9 Å². The average molecular weight is 552 g/mol. The van der Waals surface area contributed by atoms with Crippen LogP contribution in [0.4, 0.5) is 15.8 Å². The highest BCUT2D eigenvalue weighted by atomic mass is 19.1. The lowest BCUT2D eigenvalue weighted by Gasteiger charge is -2.26. The Morgan fingerprint density at radius 3 is 2.78 bits per heavy atom. The van der Waals surface area contributed by atoms with Gasteiger partial charge in [0.2, 0.25) is 0 Å². The summed E-state index contributed by atoms with van der Waals surface area (Å²) in [6.45, 7) is 2.55. The number of carbonyl (C=O) groups is 1. The van der Waals surface area contributed by atoms with Crippen molar-refractivity contribution in [1.82, 2.24) is 19.3 Å². The maximum atomic E-state index is 15.3. The lowest BCUT2D eigenvalue weighted by atomic mass is 9.99. The van der Waals surface area contributed by atoms with Gasteiger partial charge in [0.05, 0.1) is 27.8 Å². The summed E-state index contributed by atoms with van der Waals surface area (Å²) in [6.07, 6.45) is 4.42. The van der Waals surface area contributed by atoms with Gasteiger partial charge in [-0.25, -0.2) is 14.2 Å². The van der Waals surface area contributed by atoms with Crippen molar-refractivity contribution in [2.45, 2.75) is 12.5 Å². The first-order valence-corrected chi connectivity index (χ1v) is 13.4. The summed E-state index contributed by atoms with van der Waals surface area (Å²) in [5.74, 6) is -1.46. The minimum atomic E-state index is -1.29. The molecule has 4 aromatic heterocycles. The molecule has 3 N–H and O–H groups in total. The fraction of sp³-hybridized carbons (Fsp3) is 0.267. The first-order valence-electron chi connectivity index (χ1n) is 13.4. The van der Waals surface area contributed by atoms with Crippen LogP contribution in [0.3, 0.4) is 0 Å². The molecule has 10 nitrogen and oxygen atoms in total. The van der Waals surface area contributed by atoms with Crippen molar-refractivity contribution in [2.24, 2.45) is 5.92 Å². The molecule has 0 spiro atoms. The van der Waals surface area contributed by atoms with Gasteiger partial charge in [-0.1, -0.05) is 6.07 Å². The zero-order chi connectivity index (χ0) is 28.6. The molecule has 2 unspecified atom stereocenters. The number of hydrogen-bond donors (Lipinski definition) is 3. The van der Waals surface area contributed by atoms with Gasteiger partial charge >= 0.3 is 5.97 Å². The van der Waals surface area contributed by atoms with Crippen molar-refractivity contribution in [1.29, 1.82) is 5.26 Å². The molecule has 1 aromatic carbocycles. The number of halogens is 1.